The van der Waals surface area contributed by atoms with Gasteiger partial charge in [-0.2, -0.15) is 0 Å². The molecule has 0 spiro atoms. The zero-order valence-electron chi connectivity index (χ0n) is 7.63. The molecule has 0 rings (SSSR count). The molecule has 1 unspecified atom stereocenters. The van der Waals surface area contributed by atoms with Crippen molar-refractivity contribution in [1.29, 1.82) is 0 Å². The van der Waals surface area contributed by atoms with Crippen LogP contribution in [0.4, 0.5) is 0 Å². The van der Waals surface area contributed by atoms with E-state index in [1.165, 1.54) is 13.0 Å². The Balaban J connectivity index is 3.98. The highest BCUT2D eigenvalue weighted by Gasteiger charge is 2.24. The third-order valence-corrected chi connectivity index (χ3v) is 1.65. The van der Waals surface area contributed by atoms with E-state index >= 15 is 0 Å². The number of hydrogen-bond acceptors (Lipinski definition) is 5. The highest BCUT2D eigenvalue weighted by atomic mass is 31.2. The van der Waals surface area contributed by atoms with Crippen LogP contribution in [0.1, 0.15) is 6.92 Å². The van der Waals surface area contributed by atoms with Crippen LogP contribution < -0.4 is 0 Å². The summed E-state index contributed by atoms with van der Waals surface area (Å²) >= 11 is 0. The average molecular weight is 222 g/mol. The zero-order chi connectivity index (χ0) is 11.2. The van der Waals surface area contributed by atoms with Crippen LogP contribution in [0.3, 0.4) is 0 Å². The first-order valence-electron chi connectivity index (χ1n) is 3.53. The second kappa shape index (κ2) is 5.72. The maximum atomic E-state index is 10.9. The second-order valence-electron chi connectivity index (χ2n) is 2.28. The van der Waals surface area contributed by atoms with E-state index < -0.39 is 13.8 Å². The number of phosphoric ester groups is 1. The molecule has 0 saturated carbocycles. The Morgan fingerprint density at radius 3 is 2.64 bits per heavy atom. The van der Waals surface area contributed by atoms with Crippen molar-refractivity contribution in [2.75, 3.05) is 6.61 Å². The molecule has 0 aliphatic heterocycles. The Morgan fingerprint density at radius 1 is 1.64 bits per heavy atom. The molecule has 1 atom stereocenters. The number of phosphoric acid groups is 1. The SMILES string of the molecule is C=CCOP(=O)(O)OOC(=O)C(=C)C. The molecule has 1 N–H and O–H groups in total. The highest BCUT2D eigenvalue weighted by Crippen LogP contribution is 2.43. The Labute approximate surface area is 81.3 Å². The van der Waals surface area contributed by atoms with E-state index in [2.05, 4.69) is 27.2 Å². The number of rotatable bonds is 6. The standard InChI is InChI=1S/C7H11O6P/c1-4-5-11-14(9,10)13-12-7(8)6(2)3/h4H,1-2,5H2,3H3,(H,9,10). The van der Waals surface area contributed by atoms with Gasteiger partial charge in [0.1, 0.15) is 0 Å². The maximum absolute atomic E-state index is 10.9. The maximum Gasteiger partial charge on any atom is 0.508 e. The Kier molecular flexibility index (Phi) is 5.34. The molecule has 0 bridgehead atoms. The van der Waals surface area contributed by atoms with Crippen molar-refractivity contribution in [2.24, 2.45) is 0 Å². The minimum absolute atomic E-state index is 0.0359. The summed E-state index contributed by atoms with van der Waals surface area (Å²) in [6.07, 6.45) is 1.24. The topological polar surface area (TPSA) is 82.1 Å². The van der Waals surface area contributed by atoms with Crippen molar-refractivity contribution < 1.29 is 28.3 Å². The predicted octanol–water partition coefficient (Wildman–Crippen LogP) is 1.34. The Bertz CT molecular complexity index is 284. The molecular weight excluding hydrogens is 211 g/mol. The number of carbonyl (C=O) groups is 1. The van der Waals surface area contributed by atoms with Gasteiger partial charge in [-0.3, -0.25) is 9.41 Å². The van der Waals surface area contributed by atoms with Gasteiger partial charge < -0.3 is 4.89 Å². The molecule has 0 aliphatic carbocycles. The summed E-state index contributed by atoms with van der Waals surface area (Å²) < 4.78 is 19.0. The molecule has 0 saturated heterocycles. The largest absolute Gasteiger partial charge is 0.508 e. The molecule has 6 nitrogen and oxygen atoms in total. The number of carbonyl (C=O) groups excluding carboxylic acids is 1. The first kappa shape index (κ1) is 13.1. The van der Waals surface area contributed by atoms with E-state index in [0.29, 0.717) is 0 Å². The van der Waals surface area contributed by atoms with Gasteiger partial charge in [-0.15, -0.1) is 6.58 Å². The van der Waals surface area contributed by atoms with Crippen LogP contribution in [0, 0.1) is 0 Å². The highest BCUT2D eigenvalue weighted by molar-refractivity contribution is 7.47. The fourth-order valence-electron chi connectivity index (χ4n) is 0.320. The van der Waals surface area contributed by atoms with Gasteiger partial charge in [0.15, 0.2) is 0 Å². The van der Waals surface area contributed by atoms with Crippen LogP contribution in [0.25, 0.3) is 0 Å². The van der Waals surface area contributed by atoms with E-state index in [4.69, 9.17) is 4.89 Å². The van der Waals surface area contributed by atoms with Crippen molar-refractivity contribution in [1.82, 2.24) is 0 Å². The van der Waals surface area contributed by atoms with Gasteiger partial charge in [0.2, 0.25) is 0 Å². The normalized spacial score (nSPS) is 14.1. The molecule has 0 fully saturated rings. The molecular formula is C7H11O6P. The first-order chi connectivity index (χ1) is 6.39. The zero-order valence-corrected chi connectivity index (χ0v) is 8.53. The minimum Gasteiger partial charge on any atom is -0.300 e. The van der Waals surface area contributed by atoms with E-state index in [1.54, 1.807) is 0 Å². The average Bonchev–Trinajstić information content (AvgIpc) is 2.11. The van der Waals surface area contributed by atoms with Crippen molar-refractivity contribution >= 4 is 13.8 Å². The van der Waals surface area contributed by atoms with Crippen molar-refractivity contribution in [2.45, 2.75) is 6.92 Å². The monoisotopic (exact) mass is 222 g/mol. The lowest BCUT2D eigenvalue weighted by molar-refractivity contribution is -0.218. The second-order valence-corrected chi connectivity index (χ2v) is 3.62. The molecule has 0 radical (unpaired) electrons. The molecule has 7 heteroatoms. The summed E-state index contributed by atoms with van der Waals surface area (Å²) in [5, 5.41) is 0. The lowest BCUT2D eigenvalue weighted by atomic mass is 10.4. The van der Waals surface area contributed by atoms with Crippen molar-refractivity contribution in [3.8, 4) is 0 Å². The predicted molar refractivity (Wildman–Crippen MR) is 48.0 cm³/mol. The summed E-state index contributed by atoms with van der Waals surface area (Å²) in [5.74, 6) is -0.943. The molecule has 0 aliphatic rings. The first-order valence-corrected chi connectivity index (χ1v) is 5.03. The third-order valence-electron chi connectivity index (χ3n) is 0.911. The van der Waals surface area contributed by atoms with Gasteiger partial charge in [-0.05, 0) is 6.92 Å². The van der Waals surface area contributed by atoms with Crippen LogP contribution in [-0.4, -0.2) is 17.5 Å². The van der Waals surface area contributed by atoms with Crippen molar-refractivity contribution in [3.05, 3.63) is 24.8 Å². The Morgan fingerprint density at radius 2 is 2.21 bits per heavy atom. The molecule has 80 valence electrons. The van der Waals surface area contributed by atoms with Crippen LogP contribution in [0.5, 0.6) is 0 Å². The van der Waals surface area contributed by atoms with E-state index in [9.17, 15) is 9.36 Å². The summed E-state index contributed by atoms with van der Waals surface area (Å²) in [4.78, 5) is 23.5. The lowest BCUT2D eigenvalue weighted by Crippen LogP contribution is -2.05. The smallest absolute Gasteiger partial charge is 0.300 e. The van der Waals surface area contributed by atoms with Crippen LogP contribution in [0.15, 0.2) is 24.8 Å². The lowest BCUT2D eigenvalue weighted by Gasteiger charge is -2.08. The molecule has 14 heavy (non-hydrogen) atoms. The van der Waals surface area contributed by atoms with E-state index in [1.807, 2.05) is 0 Å². The molecule has 0 aromatic rings. The summed E-state index contributed by atoms with van der Waals surface area (Å²) in [6, 6.07) is 0. The van der Waals surface area contributed by atoms with Gasteiger partial charge in [0, 0.05) is 5.57 Å². The van der Waals surface area contributed by atoms with Crippen LogP contribution in [-0.2, 0) is 23.4 Å². The van der Waals surface area contributed by atoms with Crippen LogP contribution >= 0.6 is 7.82 Å². The Hall–Kier alpha value is -0.940. The quantitative estimate of drug-likeness (QED) is 0.240. The van der Waals surface area contributed by atoms with Gasteiger partial charge in [-0.1, -0.05) is 17.3 Å². The fourth-order valence-corrected chi connectivity index (χ4v) is 0.819. The molecule has 0 heterocycles. The fraction of sp³-hybridized carbons (Fsp3) is 0.286. The van der Waals surface area contributed by atoms with Crippen molar-refractivity contribution in [3.63, 3.8) is 0 Å². The van der Waals surface area contributed by atoms with Gasteiger partial charge in [0.25, 0.3) is 0 Å². The van der Waals surface area contributed by atoms with Gasteiger partial charge in [-0.25, -0.2) is 9.36 Å². The molecule has 0 aromatic carbocycles. The van der Waals surface area contributed by atoms with E-state index in [-0.39, 0.29) is 12.2 Å². The number of hydrogen-bond donors (Lipinski definition) is 1. The summed E-state index contributed by atoms with van der Waals surface area (Å²) in [6.45, 7) is 7.65. The van der Waals surface area contributed by atoms with Gasteiger partial charge in [0.05, 0.1) is 6.61 Å². The molecule has 0 aromatic heterocycles. The third kappa shape index (κ3) is 5.66. The minimum atomic E-state index is -4.36. The van der Waals surface area contributed by atoms with Crippen LogP contribution in [0.2, 0.25) is 0 Å². The van der Waals surface area contributed by atoms with Gasteiger partial charge >= 0.3 is 13.8 Å². The summed E-state index contributed by atoms with van der Waals surface area (Å²) in [5.41, 5.74) is 0.0359. The summed E-state index contributed by atoms with van der Waals surface area (Å²) in [7, 11) is -4.36. The van der Waals surface area contributed by atoms with E-state index in [0.717, 1.165) is 0 Å². The molecule has 0 amide bonds.